The molecule has 0 spiro atoms. The van der Waals surface area contributed by atoms with E-state index >= 15 is 0 Å². The summed E-state index contributed by atoms with van der Waals surface area (Å²) in [6, 6.07) is 35.7. The Balaban J connectivity index is 1.80. The number of ether oxygens (including phenoxy) is 2. The minimum absolute atomic E-state index is 0.0479. The van der Waals surface area contributed by atoms with Gasteiger partial charge in [0.2, 0.25) is 0 Å². The van der Waals surface area contributed by atoms with Crippen molar-refractivity contribution >= 4 is 22.5 Å². The van der Waals surface area contributed by atoms with E-state index in [0.717, 1.165) is 56.0 Å². The van der Waals surface area contributed by atoms with Gasteiger partial charge in [0.25, 0.3) is 0 Å². The van der Waals surface area contributed by atoms with Crippen LogP contribution < -0.4 is 9.47 Å². The highest BCUT2D eigenvalue weighted by molar-refractivity contribution is 6.52. The van der Waals surface area contributed by atoms with Crippen LogP contribution in [-0.4, -0.2) is 20.0 Å². The molecule has 0 saturated carbocycles. The molecule has 1 aliphatic carbocycles. The zero-order chi connectivity index (χ0) is 23.5. The molecule has 3 heteroatoms. The quantitative estimate of drug-likeness (QED) is 0.311. The first kappa shape index (κ1) is 21.5. The standard InChI is InChI=1S/C31H24O3/c1-33-25-17-13-23(14-18-25)27(24-15-19-26(34-2)20-16-24)30-28(21-9-5-3-6-10-21)29(31(30)32)22-11-7-4-8-12-22/h3-20H,1-2H3. The van der Waals surface area contributed by atoms with Crippen LogP contribution in [0, 0.1) is 0 Å². The highest BCUT2D eigenvalue weighted by Crippen LogP contribution is 2.48. The van der Waals surface area contributed by atoms with Gasteiger partial charge in [-0.25, -0.2) is 0 Å². The summed E-state index contributed by atoms with van der Waals surface area (Å²) in [5.41, 5.74) is 7.20. The lowest BCUT2D eigenvalue weighted by Crippen LogP contribution is -2.22. The van der Waals surface area contributed by atoms with Gasteiger partial charge >= 0.3 is 0 Å². The third-order valence-corrected chi connectivity index (χ3v) is 6.09. The predicted octanol–water partition coefficient (Wildman–Crippen LogP) is 6.70. The lowest BCUT2D eigenvalue weighted by Gasteiger charge is -2.30. The number of Topliss-reactive ketones (excluding diaryl/α,β-unsaturated/α-hetero) is 1. The third kappa shape index (κ3) is 3.82. The molecule has 3 nitrogen and oxygen atoms in total. The van der Waals surface area contributed by atoms with E-state index in [9.17, 15) is 4.79 Å². The van der Waals surface area contributed by atoms with E-state index in [-0.39, 0.29) is 5.78 Å². The van der Waals surface area contributed by atoms with Gasteiger partial charge in [0.05, 0.1) is 14.2 Å². The molecule has 0 saturated heterocycles. The molecule has 0 unspecified atom stereocenters. The molecule has 5 rings (SSSR count). The maximum Gasteiger partial charge on any atom is 0.195 e. The van der Waals surface area contributed by atoms with E-state index in [2.05, 4.69) is 12.1 Å². The van der Waals surface area contributed by atoms with E-state index < -0.39 is 0 Å². The largest absolute Gasteiger partial charge is 0.497 e. The second-order valence-corrected chi connectivity index (χ2v) is 8.02. The molecule has 0 aromatic heterocycles. The second kappa shape index (κ2) is 9.24. The Morgan fingerprint density at radius 1 is 0.529 bits per heavy atom. The maximum absolute atomic E-state index is 13.8. The molecule has 34 heavy (non-hydrogen) atoms. The molecule has 166 valence electrons. The van der Waals surface area contributed by atoms with Crippen molar-refractivity contribution in [3.63, 3.8) is 0 Å². The minimum Gasteiger partial charge on any atom is -0.497 e. The van der Waals surface area contributed by atoms with Crippen LogP contribution in [0.5, 0.6) is 11.5 Å². The van der Waals surface area contributed by atoms with Crippen LogP contribution in [0.2, 0.25) is 0 Å². The zero-order valence-electron chi connectivity index (χ0n) is 19.1. The highest BCUT2D eigenvalue weighted by atomic mass is 16.5. The van der Waals surface area contributed by atoms with Crippen LogP contribution in [0.3, 0.4) is 0 Å². The van der Waals surface area contributed by atoms with E-state index in [0.29, 0.717) is 0 Å². The van der Waals surface area contributed by atoms with Crippen molar-refractivity contribution in [2.75, 3.05) is 14.2 Å². The average molecular weight is 445 g/mol. The Kier molecular flexibility index (Phi) is 5.84. The summed E-state index contributed by atoms with van der Waals surface area (Å²) in [6.07, 6.45) is 0. The number of methoxy groups -OCH3 is 2. The fourth-order valence-electron chi connectivity index (χ4n) is 4.40. The first-order chi connectivity index (χ1) is 16.7. The third-order valence-electron chi connectivity index (χ3n) is 6.09. The number of carbonyl (C=O) groups is 1. The summed E-state index contributed by atoms with van der Waals surface area (Å²) < 4.78 is 10.7. The normalized spacial score (nSPS) is 12.9. The Labute approximate surface area is 199 Å². The zero-order valence-corrected chi connectivity index (χ0v) is 19.1. The number of rotatable bonds is 6. The topological polar surface area (TPSA) is 35.5 Å². The summed E-state index contributed by atoms with van der Waals surface area (Å²) in [6.45, 7) is 0. The van der Waals surface area contributed by atoms with Crippen molar-refractivity contribution in [3.8, 4) is 11.5 Å². The number of benzene rings is 4. The Bertz CT molecular complexity index is 1330. The average Bonchev–Trinajstić information content (AvgIpc) is 2.91. The van der Waals surface area contributed by atoms with Crippen molar-refractivity contribution in [2.24, 2.45) is 0 Å². The molecule has 0 fully saturated rings. The fourth-order valence-corrected chi connectivity index (χ4v) is 4.40. The molecule has 1 aliphatic rings. The molecule has 0 N–H and O–H groups in total. The Morgan fingerprint density at radius 3 is 1.35 bits per heavy atom. The van der Waals surface area contributed by atoms with Crippen LogP contribution in [0.1, 0.15) is 22.3 Å². The van der Waals surface area contributed by atoms with E-state index in [1.807, 2.05) is 97.1 Å². The van der Waals surface area contributed by atoms with Gasteiger partial charge in [-0.15, -0.1) is 0 Å². The molecular formula is C31H24O3. The van der Waals surface area contributed by atoms with Crippen molar-refractivity contribution < 1.29 is 14.3 Å². The van der Waals surface area contributed by atoms with Gasteiger partial charge < -0.3 is 9.47 Å². The smallest absolute Gasteiger partial charge is 0.195 e. The van der Waals surface area contributed by atoms with Gasteiger partial charge in [0, 0.05) is 22.3 Å². The van der Waals surface area contributed by atoms with Crippen LogP contribution in [-0.2, 0) is 4.79 Å². The monoisotopic (exact) mass is 444 g/mol. The van der Waals surface area contributed by atoms with Gasteiger partial charge in [0.1, 0.15) is 11.5 Å². The molecule has 0 radical (unpaired) electrons. The minimum atomic E-state index is 0.0479. The molecule has 0 heterocycles. The van der Waals surface area contributed by atoms with Crippen LogP contribution in [0.15, 0.2) is 115 Å². The summed E-state index contributed by atoms with van der Waals surface area (Å²) in [4.78, 5) is 13.8. The summed E-state index contributed by atoms with van der Waals surface area (Å²) >= 11 is 0. The van der Waals surface area contributed by atoms with Crippen molar-refractivity contribution in [2.45, 2.75) is 0 Å². The summed E-state index contributed by atoms with van der Waals surface area (Å²) in [5.74, 6) is 1.59. The Hall–Kier alpha value is -4.37. The molecule has 0 bridgehead atoms. The van der Waals surface area contributed by atoms with E-state index in [1.165, 1.54) is 0 Å². The molecule has 0 atom stereocenters. The molecule has 4 aromatic carbocycles. The number of ketones is 1. The van der Waals surface area contributed by atoms with Crippen LogP contribution in [0.25, 0.3) is 16.7 Å². The Morgan fingerprint density at radius 2 is 0.941 bits per heavy atom. The van der Waals surface area contributed by atoms with Crippen molar-refractivity contribution in [3.05, 3.63) is 137 Å². The number of hydrogen-bond acceptors (Lipinski definition) is 3. The van der Waals surface area contributed by atoms with Gasteiger partial charge in [0.15, 0.2) is 5.78 Å². The van der Waals surface area contributed by atoms with Crippen LogP contribution >= 0.6 is 0 Å². The number of carbonyl (C=O) groups excluding carboxylic acids is 1. The summed E-state index contributed by atoms with van der Waals surface area (Å²) in [5, 5.41) is 0. The fraction of sp³-hybridized carbons (Fsp3) is 0.0645. The van der Waals surface area contributed by atoms with E-state index in [1.54, 1.807) is 14.2 Å². The van der Waals surface area contributed by atoms with Gasteiger partial charge in [-0.1, -0.05) is 84.9 Å². The summed E-state index contributed by atoms with van der Waals surface area (Å²) in [7, 11) is 3.30. The number of hydrogen-bond donors (Lipinski definition) is 0. The first-order valence-electron chi connectivity index (χ1n) is 11.1. The lowest BCUT2D eigenvalue weighted by atomic mass is 9.70. The molecule has 4 aromatic rings. The molecular weight excluding hydrogens is 420 g/mol. The van der Waals surface area contributed by atoms with Crippen molar-refractivity contribution in [1.29, 1.82) is 0 Å². The highest BCUT2D eigenvalue weighted by Gasteiger charge is 2.38. The number of allylic oxidation sites excluding steroid dienone is 3. The molecule has 0 amide bonds. The molecule has 0 aliphatic heterocycles. The van der Waals surface area contributed by atoms with Gasteiger partial charge in [-0.2, -0.15) is 0 Å². The SMILES string of the molecule is COc1ccc(C(=C2C(=O)C(c3ccccc3)=C2c2ccccc2)c2ccc(OC)cc2)cc1. The maximum atomic E-state index is 13.8. The van der Waals surface area contributed by atoms with Crippen LogP contribution in [0.4, 0.5) is 0 Å². The predicted molar refractivity (Wildman–Crippen MR) is 137 cm³/mol. The lowest BCUT2D eigenvalue weighted by molar-refractivity contribution is -0.110. The second-order valence-electron chi connectivity index (χ2n) is 8.02. The van der Waals surface area contributed by atoms with Gasteiger partial charge in [-0.3, -0.25) is 4.79 Å². The van der Waals surface area contributed by atoms with Gasteiger partial charge in [-0.05, 0) is 46.5 Å². The first-order valence-corrected chi connectivity index (χ1v) is 11.1. The van der Waals surface area contributed by atoms with Crippen molar-refractivity contribution in [1.82, 2.24) is 0 Å². The van der Waals surface area contributed by atoms with E-state index in [4.69, 9.17) is 9.47 Å².